The summed E-state index contributed by atoms with van der Waals surface area (Å²) in [5.41, 5.74) is -1.35. The third-order valence-electron chi connectivity index (χ3n) is 9.04. The molecule has 2 heterocycles. The molecule has 1 saturated carbocycles. The monoisotopic (exact) mass is 630 g/mol. The van der Waals surface area contributed by atoms with Crippen LogP contribution < -0.4 is 26.6 Å². The number of Topliss-reactive ketones (excluding diaryl/α,β-unsaturated/α-hetero) is 1. The van der Waals surface area contributed by atoms with E-state index in [9.17, 15) is 28.8 Å². The minimum absolute atomic E-state index is 0.0830. The van der Waals surface area contributed by atoms with Crippen LogP contribution in [0, 0.1) is 22.7 Å². The number of carbonyl (C=O) groups is 6. The van der Waals surface area contributed by atoms with Gasteiger partial charge in [0.1, 0.15) is 18.1 Å². The van der Waals surface area contributed by atoms with E-state index in [-0.39, 0.29) is 48.6 Å². The molecule has 3 aliphatic rings. The molecule has 12 nitrogen and oxygen atoms in total. The van der Waals surface area contributed by atoms with Gasteiger partial charge in [-0.1, -0.05) is 53.2 Å². The van der Waals surface area contributed by atoms with E-state index in [4.69, 9.17) is 0 Å². The molecular weight excluding hydrogens is 576 g/mol. The molecule has 2 fully saturated rings. The Hall–Kier alpha value is -3.44. The lowest BCUT2D eigenvalue weighted by Gasteiger charge is -2.38. The maximum absolute atomic E-state index is 14.1. The average Bonchev–Trinajstić information content (AvgIpc) is 3.24. The van der Waals surface area contributed by atoms with Gasteiger partial charge < -0.3 is 31.5 Å². The van der Waals surface area contributed by atoms with Crippen molar-refractivity contribution in [2.24, 2.45) is 22.7 Å². The molecule has 0 radical (unpaired) electrons. The van der Waals surface area contributed by atoms with Crippen LogP contribution in [-0.2, 0) is 24.0 Å². The van der Waals surface area contributed by atoms with Crippen molar-refractivity contribution >= 4 is 35.4 Å². The predicted molar refractivity (Wildman–Crippen MR) is 171 cm³/mol. The Morgan fingerprint density at radius 3 is 2.27 bits per heavy atom. The van der Waals surface area contributed by atoms with Gasteiger partial charge in [-0.25, -0.2) is 4.79 Å². The minimum Gasteiger partial charge on any atom is -0.354 e. The maximum Gasteiger partial charge on any atom is 0.315 e. The van der Waals surface area contributed by atoms with E-state index in [1.54, 1.807) is 11.0 Å². The van der Waals surface area contributed by atoms with E-state index in [0.717, 1.165) is 25.7 Å². The van der Waals surface area contributed by atoms with Gasteiger partial charge >= 0.3 is 6.03 Å². The molecule has 45 heavy (non-hydrogen) atoms. The first-order valence-corrected chi connectivity index (χ1v) is 16.3. The van der Waals surface area contributed by atoms with E-state index >= 15 is 0 Å². The van der Waals surface area contributed by atoms with Gasteiger partial charge in [0.15, 0.2) is 0 Å². The van der Waals surface area contributed by atoms with Crippen LogP contribution in [0.25, 0.3) is 0 Å². The number of likely N-dealkylation sites (tertiary alicyclic amines) is 1. The number of nitrogens with one attached hydrogen (secondary N) is 5. The average molecular weight is 631 g/mol. The van der Waals surface area contributed by atoms with Crippen LogP contribution in [0.3, 0.4) is 0 Å². The molecule has 1 unspecified atom stereocenters. The van der Waals surface area contributed by atoms with E-state index in [1.807, 2.05) is 47.6 Å². The molecule has 5 atom stereocenters. The van der Waals surface area contributed by atoms with Crippen LogP contribution in [0.15, 0.2) is 12.2 Å². The number of nitrogens with zero attached hydrogens (tertiary/aromatic N) is 1. The molecule has 0 aromatic carbocycles. The quantitative estimate of drug-likeness (QED) is 0.236. The van der Waals surface area contributed by atoms with Crippen molar-refractivity contribution in [3.05, 3.63) is 12.2 Å². The molecule has 6 amide bonds. The number of hydrogen-bond donors (Lipinski definition) is 5. The van der Waals surface area contributed by atoms with E-state index < -0.39 is 52.7 Å². The first kappa shape index (κ1) is 36.0. The molecule has 1 saturated heterocycles. The van der Waals surface area contributed by atoms with Crippen LogP contribution in [0.4, 0.5) is 4.79 Å². The van der Waals surface area contributed by atoms with Crippen molar-refractivity contribution in [3.63, 3.8) is 0 Å². The van der Waals surface area contributed by atoms with Gasteiger partial charge in [-0.2, -0.15) is 0 Å². The Balaban J connectivity index is 1.82. The maximum atomic E-state index is 14.1. The largest absolute Gasteiger partial charge is 0.354 e. The highest BCUT2D eigenvalue weighted by molar-refractivity contribution is 6.38. The summed E-state index contributed by atoms with van der Waals surface area (Å²) in [4.78, 5) is 80.6. The fraction of sp³-hybridized carbons (Fsp3) is 0.758. The van der Waals surface area contributed by atoms with Gasteiger partial charge in [-0.3, -0.25) is 24.0 Å². The smallest absolute Gasteiger partial charge is 0.315 e. The summed E-state index contributed by atoms with van der Waals surface area (Å²) >= 11 is 0. The van der Waals surface area contributed by atoms with Gasteiger partial charge in [-0.05, 0) is 69.1 Å². The zero-order chi connectivity index (χ0) is 33.7. The molecule has 0 aromatic heterocycles. The number of urea groups is 1. The minimum atomic E-state index is -1.12. The molecule has 0 aromatic rings. The Morgan fingerprint density at radius 1 is 0.956 bits per heavy atom. The fourth-order valence-corrected chi connectivity index (χ4v) is 6.41. The first-order valence-electron chi connectivity index (χ1n) is 16.3. The molecule has 0 bridgehead atoms. The summed E-state index contributed by atoms with van der Waals surface area (Å²) < 4.78 is 0. The fourth-order valence-electron chi connectivity index (χ4n) is 6.41. The molecular formula is C33H54N6O6. The van der Waals surface area contributed by atoms with Gasteiger partial charge in [-0.15, -0.1) is 0 Å². The second kappa shape index (κ2) is 14.3. The zero-order valence-electron chi connectivity index (χ0n) is 28.3. The summed E-state index contributed by atoms with van der Waals surface area (Å²) in [5, 5.41) is 13.8. The Kier molecular flexibility index (Phi) is 11.5. The predicted octanol–water partition coefficient (Wildman–Crippen LogP) is 2.18. The highest BCUT2D eigenvalue weighted by Gasteiger charge is 2.69. The normalized spacial score (nSPS) is 27.7. The van der Waals surface area contributed by atoms with Crippen molar-refractivity contribution in [1.29, 1.82) is 0 Å². The number of ketones is 1. The van der Waals surface area contributed by atoms with Crippen LogP contribution in [0.5, 0.6) is 0 Å². The van der Waals surface area contributed by atoms with Gasteiger partial charge in [0.05, 0.1) is 0 Å². The standard InChI is InChI=1S/C33H54N6O6/c1-31(2,3)26(37-30(45)38-32(4,5)6)29(44)39-19-20-23(33(20,7)8)24(39)27(42)36-21-15-13-11-9-10-12-14-16-22(40)34-17-18-35-28(43)25(21)41/h11,13,20-21,23-24,26H,9-10,12,14-19H2,1-8H3,(H,34,40)(H,35,43)(H,36,42)(H2,37,38,45)/b13-11+/t20-,21?,23-,24-,26+/m0/s1. The number of rotatable bonds is 4. The van der Waals surface area contributed by atoms with Crippen molar-refractivity contribution in [1.82, 2.24) is 31.5 Å². The highest BCUT2D eigenvalue weighted by Crippen LogP contribution is 2.65. The van der Waals surface area contributed by atoms with Gasteiger partial charge in [0.2, 0.25) is 23.5 Å². The highest BCUT2D eigenvalue weighted by atomic mass is 16.2. The SMILES string of the molecule is CC(C)(C)NC(=O)N[C@H](C(=O)N1C[C@H]2[C@@H]([C@H]1C(=O)NC1C/C=C/CCCCCC(=O)NCCNC(=O)C1=O)C2(C)C)C(C)(C)C. The number of allylic oxidation sites excluding steroid dienone is 1. The third kappa shape index (κ3) is 9.53. The van der Waals surface area contributed by atoms with Crippen molar-refractivity contribution in [2.75, 3.05) is 19.6 Å². The summed E-state index contributed by atoms with van der Waals surface area (Å²) in [6, 6.07) is -3.36. The Bertz CT molecular complexity index is 1180. The number of carbonyl (C=O) groups excluding carboxylic acids is 6. The first-order chi connectivity index (χ1) is 20.8. The second-order valence-corrected chi connectivity index (χ2v) is 15.4. The van der Waals surface area contributed by atoms with E-state index in [2.05, 4.69) is 40.4 Å². The molecule has 1 aliphatic carbocycles. The lowest BCUT2D eigenvalue weighted by atomic mass is 9.85. The molecule has 3 rings (SSSR count). The van der Waals surface area contributed by atoms with Crippen molar-refractivity contribution in [3.8, 4) is 0 Å². The Morgan fingerprint density at radius 2 is 1.62 bits per heavy atom. The third-order valence-corrected chi connectivity index (χ3v) is 9.04. The van der Waals surface area contributed by atoms with Crippen LogP contribution in [0.1, 0.15) is 93.9 Å². The number of fused-ring (bicyclic) bond motifs is 1. The zero-order valence-corrected chi connectivity index (χ0v) is 28.3. The lowest BCUT2D eigenvalue weighted by Crippen LogP contribution is -2.62. The van der Waals surface area contributed by atoms with Gasteiger partial charge in [0, 0.05) is 31.6 Å². The van der Waals surface area contributed by atoms with Crippen LogP contribution in [0.2, 0.25) is 0 Å². The van der Waals surface area contributed by atoms with E-state index in [0.29, 0.717) is 13.0 Å². The van der Waals surface area contributed by atoms with Crippen molar-refractivity contribution in [2.45, 2.75) is 118 Å². The summed E-state index contributed by atoms with van der Waals surface area (Å²) in [5.74, 6) is -2.62. The molecule has 252 valence electrons. The number of hydrogen-bond acceptors (Lipinski definition) is 6. The summed E-state index contributed by atoms with van der Waals surface area (Å²) in [6.07, 6.45) is 7.55. The van der Waals surface area contributed by atoms with Crippen LogP contribution in [-0.4, -0.2) is 83.6 Å². The van der Waals surface area contributed by atoms with Gasteiger partial charge in [0.25, 0.3) is 5.91 Å². The number of piperidine rings is 1. The molecule has 5 N–H and O–H groups in total. The molecule has 0 spiro atoms. The summed E-state index contributed by atoms with van der Waals surface area (Å²) in [7, 11) is 0. The lowest BCUT2D eigenvalue weighted by molar-refractivity contribution is -0.145. The molecule has 12 heteroatoms. The summed E-state index contributed by atoms with van der Waals surface area (Å²) in [6.45, 7) is 15.9. The second-order valence-electron chi connectivity index (χ2n) is 15.4. The topological polar surface area (TPSA) is 166 Å². The van der Waals surface area contributed by atoms with E-state index in [1.165, 1.54) is 0 Å². The molecule has 2 aliphatic heterocycles. The van der Waals surface area contributed by atoms with Crippen LogP contribution >= 0.6 is 0 Å². The number of amides is 6. The Labute approximate surface area is 267 Å². The van der Waals surface area contributed by atoms with Crippen molar-refractivity contribution < 1.29 is 28.8 Å².